The molecule has 1 aliphatic heterocycles. The molecule has 2 amide bonds. The molecule has 0 saturated carbocycles. The van der Waals surface area contributed by atoms with Crippen molar-refractivity contribution in [2.24, 2.45) is 5.16 Å². The van der Waals surface area contributed by atoms with Crippen LogP contribution in [0.1, 0.15) is 28.4 Å². The summed E-state index contributed by atoms with van der Waals surface area (Å²) in [6.45, 7) is 0. The standard InChI is InChI=1S/C19H18ClN3O3/c1-23(2)19(25)14-9-8-13(20)10-15(14)21-18(24)16-11-17(26-22-16)12-6-4-3-5-7-12/h3-10,17H,11H2,1-2H3,(H,21,24)/t17-/m0/s1. The minimum Gasteiger partial charge on any atom is -0.387 e. The number of carbonyl (C=O) groups excluding carboxylic acids is 2. The highest BCUT2D eigenvalue weighted by Gasteiger charge is 2.28. The van der Waals surface area contributed by atoms with Gasteiger partial charge in [0.1, 0.15) is 5.71 Å². The van der Waals surface area contributed by atoms with E-state index in [1.54, 1.807) is 32.3 Å². The van der Waals surface area contributed by atoms with E-state index in [1.807, 2.05) is 30.3 Å². The van der Waals surface area contributed by atoms with Gasteiger partial charge in [0.2, 0.25) is 0 Å². The smallest absolute Gasteiger partial charge is 0.273 e. The van der Waals surface area contributed by atoms with Crippen molar-refractivity contribution in [3.8, 4) is 0 Å². The molecule has 0 bridgehead atoms. The molecule has 134 valence electrons. The molecule has 0 spiro atoms. The van der Waals surface area contributed by atoms with Gasteiger partial charge in [-0.2, -0.15) is 0 Å². The summed E-state index contributed by atoms with van der Waals surface area (Å²) in [6, 6.07) is 14.3. The molecule has 0 aromatic heterocycles. The van der Waals surface area contributed by atoms with Crippen molar-refractivity contribution in [3.05, 3.63) is 64.7 Å². The lowest BCUT2D eigenvalue weighted by molar-refractivity contribution is -0.110. The van der Waals surface area contributed by atoms with Gasteiger partial charge in [0.15, 0.2) is 6.10 Å². The highest BCUT2D eigenvalue weighted by molar-refractivity contribution is 6.43. The van der Waals surface area contributed by atoms with Crippen LogP contribution in [0.3, 0.4) is 0 Å². The topological polar surface area (TPSA) is 71.0 Å². The molecule has 1 aliphatic rings. The van der Waals surface area contributed by atoms with Crippen molar-refractivity contribution in [1.82, 2.24) is 4.90 Å². The normalized spacial score (nSPS) is 15.8. The van der Waals surface area contributed by atoms with Crippen molar-refractivity contribution in [1.29, 1.82) is 0 Å². The lowest BCUT2D eigenvalue weighted by Gasteiger charge is -2.15. The molecule has 0 fully saturated rings. The number of oxime groups is 1. The summed E-state index contributed by atoms with van der Waals surface area (Å²) in [5.74, 6) is -0.651. The van der Waals surface area contributed by atoms with Gasteiger partial charge in [0.25, 0.3) is 11.8 Å². The Morgan fingerprint density at radius 3 is 2.62 bits per heavy atom. The average Bonchev–Trinajstić information content (AvgIpc) is 3.12. The highest BCUT2D eigenvalue weighted by atomic mass is 35.5. The number of halogens is 1. The summed E-state index contributed by atoms with van der Waals surface area (Å²) in [4.78, 5) is 31.7. The Morgan fingerprint density at radius 1 is 1.19 bits per heavy atom. The summed E-state index contributed by atoms with van der Waals surface area (Å²) in [6.07, 6.45) is 0.0621. The summed E-state index contributed by atoms with van der Waals surface area (Å²) in [7, 11) is 3.28. The van der Waals surface area contributed by atoms with Gasteiger partial charge >= 0.3 is 0 Å². The third-order valence-electron chi connectivity index (χ3n) is 3.97. The van der Waals surface area contributed by atoms with Crippen LogP contribution >= 0.6 is 11.6 Å². The maximum atomic E-state index is 12.6. The van der Waals surface area contributed by atoms with Crippen LogP contribution in [-0.4, -0.2) is 36.5 Å². The highest BCUT2D eigenvalue weighted by Crippen LogP contribution is 2.28. The van der Waals surface area contributed by atoms with E-state index < -0.39 is 5.91 Å². The average molecular weight is 372 g/mol. The van der Waals surface area contributed by atoms with Gasteiger partial charge in [0, 0.05) is 25.5 Å². The molecular formula is C19H18ClN3O3. The van der Waals surface area contributed by atoms with Crippen LogP contribution in [0.5, 0.6) is 0 Å². The van der Waals surface area contributed by atoms with Gasteiger partial charge in [-0.3, -0.25) is 9.59 Å². The Morgan fingerprint density at radius 2 is 1.92 bits per heavy atom. The third kappa shape index (κ3) is 3.86. The minimum atomic E-state index is -0.418. The van der Waals surface area contributed by atoms with Crippen LogP contribution in [0, 0.1) is 0 Å². The summed E-state index contributed by atoms with van der Waals surface area (Å²) in [5, 5.41) is 7.04. The second kappa shape index (κ2) is 7.58. The van der Waals surface area contributed by atoms with Crippen LogP contribution in [0.15, 0.2) is 53.7 Å². The summed E-state index contributed by atoms with van der Waals surface area (Å²) < 4.78 is 0. The number of benzene rings is 2. The quantitative estimate of drug-likeness (QED) is 0.894. The van der Waals surface area contributed by atoms with Crippen LogP contribution in [-0.2, 0) is 9.63 Å². The number of hydrogen-bond donors (Lipinski definition) is 1. The van der Waals surface area contributed by atoms with E-state index in [2.05, 4.69) is 10.5 Å². The molecular weight excluding hydrogens is 354 g/mol. The Hall–Kier alpha value is -2.86. The van der Waals surface area contributed by atoms with Gasteiger partial charge in [-0.1, -0.05) is 47.1 Å². The predicted octanol–water partition coefficient (Wildman–Crippen LogP) is 3.50. The zero-order valence-corrected chi connectivity index (χ0v) is 15.2. The zero-order valence-electron chi connectivity index (χ0n) is 14.4. The molecule has 0 saturated heterocycles. The van der Waals surface area contributed by atoms with Gasteiger partial charge < -0.3 is 15.1 Å². The fourth-order valence-corrected chi connectivity index (χ4v) is 2.77. The SMILES string of the molecule is CN(C)C(=O)c1ccc(Cl)cc1NC(=O)C1=NO[C@H](c2ccccc2)C1. The number of hydrogen-bond acceptors (Lipinski definition) is 4. The fourth-order valence-electron chi connectivity index (χ4n) is 2.60. The van der Waals surface area contributed by atoms with Crippen LogP contribution in [0.2, 0.25) is 5.02 Å². The maximum absolute atomic E-state index is 12.6. The molecule has 7 heteroatoms. The van der Waals surface area contributed by atoms with Gasteiger partial charge in [-0.05, 0) is 23.8 Å². The monoisotopic (exact) mass is 371 g/mol. The largest absolute Gasteiger partial charge is 0.387 e. The maximum Gasteiger partial charge on any atom is 0.273 e. The Balaban J connectivity index is 1.75. The number of anilines is 1. The molecule has 6 nitrogen and oxygen atoms in total. The molecule has 1 atom stereocenters. The Bertz CT molecular complexity index is 866. The fraction of sp³-hybridized carbons (Fsp3) is 0.211. The number of amides is 2. The molecule has 2 aromatic rings. The molecule has 0 aliphatic carbocycles. The van der Waals surface area contributed by atoms with Gasteiger partial charge in [-0.25, -0.2) is 0 Å². The van der Waals surface area contributed by atoms with E-state index in [1.165, 1.54) is 4.90 Å². The van der Waals surface area contributed by atoms with E-state index in [0.717, 1.165) is 5.56 Å². The molecule has 3 rings (SSSR count). The zero-order chi connectivity index (χ0) is 18.7. The number of nitrogens with one attached hydrogen (secondary N) is 1. The van der Waals surface area contributed by atoms with Crippen molar-refractivity contribution in [2.75, 3.05) is 19.4 Å². The second-order valence-corrected chi connectivity index (χ2v) is 6.53. The number of rotatable bonds is 4. The van der Waals surface area contributed by atoms with Crippen LogP contribution in [0.4, 0.5) is 5.69 Å². The van der Waals surface area contributed by atoms with Crippen molar-refractivity contribution in [3.63, 3.8) is 0 Å². The summed E-state index contributed by atoms with van der Waals surface area (Å²) >= 11 is 6.02. The van der Waals surface area contributed by atoms with E-state index in [4.69, 9.17) is 16.4 Å². The van der Waals surface area contributed by atoms with Crippen molar-refractivity contribution < 1.29 is 14.4 Å². The van der Waals surface area contributed by atoms with E-state index in [-0.39, 0.29) is 17.7 Å². The van der Waals surface area contributed by atoms with Gasteiger partial charge in [0.05, 0.1) is 11.3 Å². The first-order valence-electron chi connectivity index (χ1n) is 8.06. The third-order valence-corrected chi connectivity index (χ3v) is 4.20. The van der Waals surface area contributed by atoms with Crippen molar-refractivity contribution >= 4 is 34.8 Å². The number of carbonyl (C=O) groups is 2. The lowest BCUT2D eigenvalue weighted by atomic mass is 10.0. The molecule has 2 aromatic carbocycles. The van der Waals surface area contributed by atoms with Crippen LogP contribution < -0.4 is 5.32 Å². The summed E-state index contributed by atoms with van der Waals surface area (Å²) in [5.41, 5.74) is 1.91. The van der Waals surface area contributed by atoms with E-state index in [9.17, 15) is 9.59 Å². The van der Waals surface area contributed by atoms with E-state index >= 15 is 0 Å². The molecule has 0 unspecified atom stereocenters. The second-order valence-electron chi connectivity index (χ2n) is 6.09. The first-order valence-corrected chi connectivity index (χ1v) is 8.43. The Kier molecular flexibility index (Phi) is 5.23. The predicted molar refractivity (Wildman–Crippen MR) is 100 cm³/mol. The molecule has 26 heavy (non-hydrogen) atoms. The Labute approximate surface area is 156 Å². The lowest BCUT2D eigenvalue weighted by Crippen LogP contribution is -2.26. The molecule has 1 N–H and O–H groups in total. The van der Waals surface area contributed by atoms with Crippen LogP contribution in [0.25, 0.3) is 0 Å². The molecule has 1 heterocycles. The first-order chi connectivity index (χ1) is 12.5. The number of nitrogens with zero attached hydrogens (tertiary/aromatic N) is 2. The van der Waals surface area contributed by atoms with E-state index in [0.29, 0.717) is 22.7 Å². The molecule has 0 radical (unpaired) electrons. The minimum absolute atomic E-state index is 0.233. The van der Waals surface area contributed by atoms with Crippen molar-refractivity contribution in [2.45, 2.75) is 12.5 Å². The van der Waals surface area contributed by atoms with Gasteiger partial charge in [-0.15, -0.1) is 0 Å². The first kappa shape index (κ1) is 17.9.